The predicted molar refractivity (Wildman–Crippen MR) is 163 cm³/mol. The molecule has 6 radical (unpaired) electrons. The van der Waals surface area contributed by atoms with Gasteiger partial charge in [0.2, 0.25) is 5.91 Å². The zero-order chi connectivity index (χ0) is 30.4. The van der Waals surface area contributed by atoms with Gasteiger partial charge in [-0.15, -0.1) is 21.5 Å². The number of carbonyl (C=O) groups is 3. The number of thiazole rings is 1. The van der Waals surface area contributed by atoms with E-state index in [1.807, 2.05) is 6.92 Å². The number of rotatable bonds is 13. The van der Waals surface area contributed by atoms with Crippen LogP contribution in [-0.2, 0) is 4.79 Å². The Labute approximate surface area is 251 Å². The maximum Gasteiger partial charge on any atom is 0.272 e. The number of anilines is 3. The lowest BCUT2D eigenvalue weighted by atomic mass is 9.49. The number of benzene rings is 1. The summed E-state index contributed by atoms with van der Waals surface area (Å²) in [7, 11) is 18.1. The van der Waals surface area contributed by atoms with Crippen molar-refractivity contribution in [3.05, 3.63) is 53.8 Å². The number of nitrogens with one attached hydrogen (secondary N) is 5. The standard InChI is InChI=1S/C26H27B3N8O4S/c1-4-30-11-13(2)32-23(39)18-12-31-25(42-18)15-6-5-7-16(21(15)41-3)33-17-10-19(34-22(38)14-8-9-14)36-37-20(17)24(40)35-26(27,28)29/h4-7,10,12-14,30H,1,8-9,11H2,2-3H3,(H,32,39)(H,35,40)(H2,33,34,36,38)/t13-/m1/s1. The quantitative estimate of drug-likeness (QED) is 0.189. The predicted octanol–water partition coefficient (Wildman–Crippen LogP) is 1.40. The zero-order valence-corrected chi connectivity index (χ0v) is 23.9. The first-order valence-electron chi connectivity index (χ1n) is 12.9. The van der Waals surface area contributed by atoms with Crippen LogP contribution in [0, 0.1) is 5.92 Å². The van der Waals surface area contributed by atoms with Crippen molar-refractivity contribution in [2.75, 3.05) is 24.3 Å². The van der Waals surface area contributed by atoms with Crippen LogP contribution in [0.3, 0.4) is 0 Å². The van der Waals surface area contributed by atoms with E-state index in [1.54, 1.807) is 24.4 Å². The molecule has 16 heteroatoms. The monoisotopic (exact) mass is 580 g/mol. The molecule has 1 fully saturated rings. The van der Waals surface area contributed by atoms with Gasteiger partial charge in [0.15, 0.2) is 17.3 Å². The van der Waals surface area contributed by atoms with Crippen LogP contribution in [0.5, 0.6) is 5.75 Å². The van der Waals surface area contributed by atoms with Crippen molar-refractivity contribution in [3.8, 4) is 16.3 Å². The van der Waals surface area contributed by atoms with Crippen molar-refractivity contribution in [2.24, 2.45) is 5.92 Å². The molecule has 4 rings (SSSR count). The van der Waals surface area contributed by atoms with Crippen molar-refractivity contribution in [3.63, 3.8) is 0 Å². The van der Waals surface area contributed by atoms with Gasteiger partial charge in [-0.25, -0.2) is 4.98 Å². The largest absolute Gasteiger partial charge is 0.494 e. The molecule has 0 spiro atoms. The van der Waals surface area contributed by atoms with Crippen LogP contribution in [0.2, 0.25) is 0 Å². The van der Waals surface area contributed by atoms with Crippen LogP contribution in [-0.4, -0.2) is 81.4 Å². The van der Waals surface area contributed by atoms with E-state index in [2.05, 4.69) is 48.3 Å². The first-order valence-corrected chi connectivity index (χ1v) is 13.7. The minimum Gasteiger partial charge on any atom is -0.494 e. The van der Waals surface area contributed by atoms with Crippen molar-refractivity contribution < 1.29 is 19.1 Å². The fourth-order valence-electron chi connectivity index (χ4n) is 3.82. The molecule has 42 heavy (non-hydrogen) atoms. The molecular weight excluding hydrogens is 553 g/mol. The number of methoxy groups -OCH3 is 1. The number of amides is 3. The van der Waals surface area contributed by atoms with E-state index in [1.165, 1.54) is 30.7 Å². The summed E-state index contributed by atoms with van der Waals surface area (Å²) in [5, 5.41) is 20.4. The van der Waals surface area contributed by atoms with E-state index < -0.39 is 11.1 Å². The van der Waals surface area contributed by atoms with E-state index in [-0.39, 0.29) is 41.0 Å². The Morgan fingerprint density at radius 1 is 1.19 bits per heavy atom. The van der Waals surface area contributed by atoms with Crippen LogP contribution in [0.15, 0.2) is 43.2 Å². The molecule has 1 aromatic carbocycles. The third-order valence-electron chi connectivity index (χ3n) is 5.93. The van der Waals surface area contributed by atoms with Crippen LogP contribution >= 0.6 is 11.3 Å². The number of hydrogen-bond donors (Lipinski definition) is 5. The highest BCUT2D eigenvalue weighted by Crippen LogP contribution is 2.40. The molecule has 0 bridgehead atoms. The highest BCUT2D eigenvalue weighted by molar-refractivity contribution is 7.17. The summed E-state index contributed by atoms with van der Waals surface area (Å²) in [6.45, 7) is 6.00. The van der Waals surface area contributed by atoms with Crippen molar-refractivity contribution in [1.29, 1.82) is 0 Å². The van der Waals surface area contributed by atoms with Gasteiger partial charge in [-0.05, 0) is 38.1 Å². The van der Waals surface area contributed by atoms with Crippen LogP contribution in [0.4, 0.5) is 17.2 Å². The Morgan fingerprint density at radius 3 is 2.62 bits per heavy atom. The minimum atomic E-state index is -2.01. The molecule has 12 nitrogen and oxygen atoms in total. The molecule has 2 aromatic heterocycles. The summed E-state index contributed by atoms with van der Waals surface area (Å²) in [5.74, 6) is -0.825. The zero-order valence-electron chi connectivity index (χ0n) is 23.1. The fourth-order valence-corrected chi connectivity index (χ4v) is 4.67. The third kappa shape index (κ3) is 7.90. The number of ether oxygens (including phenoxy) is 1. The van der Waals surface area contributed by atoms with Gasteiger partial charge >= 0.3 is 0 Å². The lowest BCUT2D eigenvalue weighted by Crippen LogP contribution is -2.50. The van der Waals surface area contributed by atoms with Crippen molar-refractivity contribution >= 4 is 69.8 Å². The first-order chi connectivity index (χ1) is 20.0. The second kappa shape index (κ2) is 13.1. The first kappa shape index (κ1) is 30.6. The second-order valence-electron chi connectivity index (χ2n) is 9.67. The Balaban J connectivity index is 1.64. The van der Waals surface area contributed by atoms with E-state index >= 15 is 0 Å². The molecule has 2 heterocycles. The fraction of sp³-hybridized carbons (Fsp3) is 0.308. The van der Waals surface area contributed by atoms with Gasteiger partial charge in [0, 0.05) is 24.6 Å². The lowest BCUT2D eigenvalue weighted by Gasteiger charge is -2.23. The lowest BCUT2D eigenvalue weighted by molar-refractivity contribution is -0.117. The Kier molecular flexibility index (Phi) is 9.56. The highest BCUT2D eigenvalue weighted by atomic mass is 32.1. The van der Waals surface area contributed by atoms with Gasteiger partial charge in [0.05, 0.1) is 53.8 Å². The van der Waals surface area contributed by atoms with Crippen LogP contribution < -0.4 is 31.3 Å². The van der Waals surface area contributed by atoms with Gasteiger partial charge in [0.25, 0.3) is 11.8 Å². The normalized spacial score (nSPS) is 13.4. The average Bonchev–Trinajstić information content (AvgIpc) is 3.67. The maximum atomic E-state index is 12.9. The molecule has 210 valence electrons. The summed E-state index contributed by atoms with van der Waals surface area (Å²) < 4.78 is 5.72. The second-order valence-corrected chi connectivity index (χ2v) is 10.7. The van der Waals surface area contributed by atoms with E-state index in [0.717, 1.165) is 12.8 Å². The molecule has 3 aromatic rings. The van der Waals surface area contributed by atoms with E-state index in [4.69, 9.17) is 28.3 Å². The summed E-state index contributed by atoms with van der Waals surface area (Å²) in [6, 6.07) is 6.56. The molecule has 5 N–H and O–H groups in total. The third-order valence-corrected chi connectivity index (χ3v) is 6.96. The molecular formula is C26H27B3N8O4S. The molecule has 0 saturated heterocycles. The number of nitrogens with zero attached hydrogens (tertiary/aromatic N) is 3. The Bertz CT molecular complexity index is 1490. The summed E-state index contributed by atoms with van der Waals surface area (Å²) >= 11 is 1.19. The summed E-state index contributed by atoms with van der Waals surface area (Å²) in [4.78, 5) is 42.8. The van der Waals surface area contributed by atoms with Crippen molar-refractivity contribution in [2.45, 2.75) is 31.0 Å². The van der Waals surface area contributed by atoms with Gasteiger partial charge in [0.1, 0.15) is 9.88 Å². The van der Waals surface area contributed by atoms with Gasteiger partial charge in [-0.1, -0.05) is 17.9 Å². The SMILES string of the molecule is [B]C([B])([B])NC(=O)c1nnc(NC(=O)C2CC2)cc1Nc1cccc(-c2ncc(C(=O)N[C@H](C)CNC=C)s2)c1OC. The van der Waals surface area contributed by atoms with Crippen LogP contribution in [0.1, 0.15) is 39.9 Å². The summed E-state index contributed by atoms with van der Waals surface area (Å²) in [5.41, 5.74) is 0.995. The number of para-hydroxylation sites is 1. The molecule has 1 aliphatic carbocycles. The van der Waals surface area contributed by atoms with Crippen molar-refractivity contribution in [1.82, 2.24) is 31.1 Å². The molecule has 1 atom stereocenters. The molecule has 3 amide bonds. The molecule has 0 unspecified atom stereocenters. The van der Waals surface area contributed by atoms with Gasteiger partial charge < -0.3 is 31.3 Å². The Morgan fingerprint density at radius 2 is 1.95 bits per heavy atom. The highest BCUT2D eigenvalue weighted by Gasteiger charge is 2.30. The molecule has 1 aliphatic rings. The smallest absolute Gasteiger partial charge is 0.272 e. The number of carbonyl (C=O) groups excluding carboxylic acids is 3. The minimum absolute atomic E-state index is 0.0763. The Hall–Kier alpha value is -4.33. The number of aromatic nitrogens is 3. The van der Waals surface area contributed by atoms with E-state index in [0.29, 0.717) is 33.4 Å². The average molecular weight is 580 g/mol. The van der Waals surface area contributed by atoms with Gasteiger partial charge in [-0.2, -0.15) is 0 Å². The maximum absolute atomic E-state index is 12.9. The number of hydrogen-bond acceptors (Lipinski definition) is 10. The topological polar surface area (TPSA) is 159 Å². The summed E-state index contributed by atoms with van der Waals surface area (Å²) in [6.07, 6.45) is 4.65. The van der Waals surface area contributed by atoms with Gasteiger partial charge in [-0.3, -0.25) is 14.4 Å². The molecule has 1 saturated carbocycles. The van der Waals surface area contributed by atoms with E-state index in [9.17, 15) is 14.4 Å². The molecule has 0 aliphatic heterocycles. The van der Waals surface area contributed by atoms with Crippen LogP contribution in [0.25, 0.3) is 10.6 Å².